The molecule has 0 saturated heterocycles. The minimum absolute atomic E-state index is 0.136. The largest absolute Gasteiger partial charge is 0.493 e. The first-order chi connectivity index (χ1) is 11.6. The number of methoxy groups -OCH3 is 1. The maximum absolute atomic E-state index is 12.5. The Hall–Kier alpha value is -2.01. The predicted molar refractivity (Wildman–Crippen MR) is 94.5 cm³/mol. The maximum Gasteiger partial charge on any atom is 0.287 e. The van der Waals surface area contributed by atoms with Crippen molar-refractivity contribution in [2.24, 2.45) is 0 Å². The number of ether oxygens (including phenoxy) is 1. The van der Waals surface area contributed by atoms with Gasteiger partial charge in [-0.25, -0.2) is 0 Å². The van der Waals surface area contributed by atoms with Crippen LogP contribution in [0.25, 0.3) is 11.0 Å². The summed E-state index contributed by atoms with van der Waals surface area (Å²) in [6.07, 6.45) is 4.48. The molecule has 1 aliphatic carbocycles. The number of hydrogen-bond acceptors (Lipinski definition) is 4. The molecule has 1 heterocycles. The van der Waals surface area contributed by atoms with Crippen LogP contribution in [0.15, 0.2) is 22.6 Å². The molecule has 0 spiro atoms. The summed E-state index contributed by atoms with van der Waals surface area (Å²) in [5.74, 6) is 0.869. The fourth-order valence-corrected chi connectivity index (χ4v) is 3.22. The van der Waals surface area contributed by atoms with Gasteiger partial charge in [0.05, 0.1) is 7.11 Å². The van der Waals surface area contributed by atoms with Crippen LogP contribution in [-0.4, -0.2) is 25.1 Å². The van der Waals surface area contributed by atoms with Crippen molar-refractivity contribution in [2.75, 3.05) is 7.11 Å². The maximum atomic E-state index is 12.5. The minimum atomic E-state index is -0.136. The van der Waals surface area contributed by atoms with Gasteiger partial charge in [-0.3, -0.25) is 4.79 Å². The van der Waals surface area contributed by atoms with Crippen LogP contribution >= 0.6 is 0 Å². The lowest BCUT2D eigenvalue weighted by Crippen LogP contribution is -2.32. The average molecular weight is 330 g/mol. The summed E-state index contributed by atoms with van der Waals surface area (Å²) in [6.45, 7) is 4.94. The van der Waals surface area contributed by atoms with Crippen LogP contribution in [0.4, 0.5) is 0 Å². The molecule has 0 aliphatic heterocycles. The number of amides is 1. The van der Waals surface area contributed by atoms with E-state index in [-0.39, 0.29) is 11.9 Å². The van der Waals surface area contributed by atoms with E-state index >= 15 is 0 Å². The first-order valence-electron chi connectivity index (χ1n) is 8.72. The van der Waals surface area contributed by atoms with E-state index in [1.165, 1.54) is 12.8 Å². The second kappa shape index (κ2) is 7.26. The van der Waals surface area contributed by atoms with E-state index in [4.69, 9.17) is 9.15 Å². The summed E-state index contributed by atoms with van der Waals surface area (Å²) < 4.78 is 11.2. The van der Waals surface area contributed by atoms with Gasteiger partial charge in [0.15, 0.2) is 17.1 Å². The monoisotopic (exact) mass is 330 g/mol. The molecule has 1 aliphatic rings. The quantitative estimate of drug-likeness (QED) is 0.849. The Labute approximate surface area is 142 Å². The summed E-state index contributed by atoms with van der Waals surface area (Å²) in [4.78, 5) is 12.5. The molecule has 2 N–H and O–H groups in total. The molecule has 5 heteroatoms. The zero-order chi connectivity index (χ0) is 17.1. The molecular weight excluding hydrogens is 304 g/mol. The van der Waals surface area contributed by atoms with Crippen molar-refractivity contribution in [3.05, 3.63) is 29.5 Å². The van der Waals surface area contributed by atoms with E-state index in [1.54, 1.807) is 7.11 Å². The highest BCUT2D eigenvalue weighted by molar-refractivity contribution is 5.98. The lowest BCUT2D eigenvalue weighted by Gasteiger charge is -2.09. The normalized spacial score (nSPS) is 15.3. The van der Waals surface area contributed by atoms with Gasteiger partial charge >= 0.3 is 0 Å². The van der Waals surface area contributed by atoms with E-state index in [9.17, 15) is 4.79 Å². The third-order valence-electron chi connectivity index (χ3n) is 4.57. The third kappa shape index (κ3) is 3.56. The molecular formula is C19H26N2O3. The van der Waals surface area contributed by atoms with Crippen molar-refractivity contribution < 1.29 is 13.9 Å². The molecule has 1 saturated carbocycles. The van der Waals surface area contributed by atoms with Gasteiger partial charge in [0, 0.05) is 24.0 Å². The first-order valence-corrected chi connectivity index (χ1v) is 8.72. The number of carbonyl (C=O) groups is 1. The SMILES string of the molecule is COc1ccc(CNC(C)C)c2cc(C(=O)NC3CCCC3)oc12. The molecule has 0 radical (unpaired) electrons. The minimum Gasteiger partial charge on any atom is -0.493 e. The van der Waals surface area contributed by atoms with Gasteiger partial charge < -0.3 is 19.8 Å². The standard InChI is InChI=1S/C19H26N2O3/c1-12(2)20-11-13-8-9-16(23-3)18-15(13)10-17(24-18)19(22)21-14-6-4-5-7-14/h8-10,12,14,20H,4-7,11H2,1-3H3,(H,21,22). The summed E-state index contributed by atoms with van der Waals surface area (Å²) in [5, 5.41) is 7.41. The topological polar surface area (TPSA) is 63.5 Å². The lowest BCUT2D eigenvalue weighted by atomic mass is 10.1. The fourth-order valence-electron chi connectivity index (χ4n) is 3.22. The number of rotatable bonds is 6. The number of fused-ring (bicyclic) bond motifs is 1. The van der Waals surface area contributed by atoms with Crippen molar-refractivity contribution in [1.29, 1.82) is 0 Å². The van der Waals surface area contributed by atoms with Gasteiger partial charge in [0.1, 0.15) is 0 Å². The van der Waals surface area contributed by atoms with Gasteiger partial charge in [-0.05, 0) is 30.5 Å². The molecule has 0 bridgehead atoms. The van der Waals surface area contributed by atoms with Gasteiger partial charge in [-0.1, -0.05) is 32.8 Å². The van der Waals surface area contributed by atoms with E-state index in [2.05, 4.69) is 24.5 Å². The van der Waals surface area contributed by atoms with E-state index in [0.717, 1.165) is 30.3 Å². The highest BCUT2D eigenvalue weighted by atomic mass is 16.5. The molecule has 1 aromatic heterocycles. The van der Waals surface area contributed by atoms with Crippen molar-refractivity contribution in [1.82, 2.24) is 10.6 Å². The lowest BCUT2D eigenvalue weighted by molar-refractivity contribution is 0.0912. The van der Waals surface area contributed by atoms with Gasteiger partial charge in [0.25, 0.3) is 5.91 Å². The van der Waals surface area contributed by atoms with Crippen LogP contribution < -0.4 is 15.4 Å². The second-order valence-electron chi connectivity index (χ2n) is 6.77. The third-order valence-corrected chi connectivity index (χ3v) is 4.57. The molecule has 5 nitrogen and oxygen atoms in total. The fraction of sp³-hybridized carbons (Fsp3) is 0.526. The molecule has 2 aromatic rings. The summed E-state index contributed by atoms with van der Waals surface area (Å²) >= 11 is 0. The molecule has 0 unspecified atom stereocenters. The Morgan fingerprint density at radius 1 is 1.33 bits per heavy atom. The van der Waals surface area contributed by atoms with Crippen LogP contribution in [0.1, 0.15) is 55.6 Å². The highest BCUT2D eigenvalue weighted by Crippen LogP contribution is 2.32. The number of furan rings is 1. The van der Waals surface area contributed by atoms with Crippen LogP contribution in [0.5, 0.6) is 5.75 Å². The van der Waals surface area contributed by atoms with Gasteiger partial charge in [-0.15, -0.1) is 0 Å². The van der Waals surface area contributed by atoms with E-state index in [0.29, 0.717) is 23.1 Å². The van der Waals surface area contributed by atoms with E-state index in [1.807, 2.05) is 18.2 Å². The molecule has 1 fully saturated rings. The molecule has 3 rings (SSSR count). The smallest absolute Gasteiger partial charge is 0.287 e. The number of benzene rings is 1. The van der Waals surface area contributed by atoms with Crippen molar-refractivity contribution >= 4 is 16.9 Å². The Balaban J connectivity index is 1.89. The highest BCUT2D eigenvalue weighted by Gasteiger charge is 2.22. The number of nitrogens with one attached hydrogen (secondary N) is 2. The molecule has 1 aromatic carbocycles. The number of hydrogen-bond donors (Lipinski definition) is 2. The van der Waals surface area contributed by atoms with Gasteiger partial charge in [-0.2, -0.15) is 0 Å². The van der Waals surface area contributed by atoms with Crippen molar-refractivity contribution in [3.8, 4) is 5.75 Å². The predicted octanol–water partition coefficient (Wildman–Crippen LogP) is 3.61. The zero-order valence-corrected chi connectivity index (χ0v) is 14.6. The average Bonchev–Trinajstić information content (AvgIpc) is 3.21. The first kappa shape index (κ1) is 16.8. The van der Waals surface area contributed by atoms with Crippen LogP contribution in [0, 0.1) is 0 Å². The second-order valence-corrected chi connectivity index (χ2v) is 6.77. The van der Waals surface area contributed by atoms with Crippen molar-refractivity contribution in [3.63, 3.8) is 0 Å². The number of carbonyl (C=O) groups excluding carboxylic acids is 1. The molecule has 24 heavy (non-hydrogen) atoms. The Morgan fingerprint density at radius 2 is 2.08 bits per heavy atom. The van der Waals surface area contributed by atoms with Gasteiger partial charge in [0.2, 0.25) is 0 Å². The molecule has 1 amide bonds. The van der Waals surface area contributed by atoms with Crippen molar-refractivity contribution in [2.45, 2.75) is 58.2 Å². The Kier molecular flexibility index (Phi) is 5.09. The Morgan fingerprint density at radius 3 is 2.75 bits per heavy atom. The van der Waals surface area contributed by atoms with Crippen LogP contribution in [0.3, 0.4) is 0 Å². The zero-order valence-electron chi connectivity index (χ0n) is 14.6. The summed E-state index contributed by atoms with van der Waals surface area (Å²) in [6, 6.07) is 6.40. The van der Waals surface area contributed by atoms with Crippen LogP contribution in [0.2, 0.25) is 0 Å². The summed E-state index contributed by atoms with van der Waals surface area (Å²) in [5.41, 5.74) is 1.74. The van der Waals surface area contributed by atoms with E-state index < -0.39 is 0 Å². The summed E-state index contributed by atoms with van der Waals surface area (Å²) in [7, 11) is 1.61. The Bertz CT molecular complexity index is 715. The van der Waals surface area contributed by atoms with Crippen LogP contribution in [-0.2, 0) is 6.54 Å². The molecule has 130 valence electrons. The molecule has 0 atom stereocenters.